The molecule has 7 heteroatoms. The molecule has 0 radical (unpaired) electrons. The van der Waals surface area contributed by atoms with Gasteiger partial charge >= 0.3 is 5.97 Å². The Morgan fingerprint density at radius 3 is 2.33 bits per heavy atom. The van der Waals surface area contributed by atoms with Crippen molar-refractivity contribution in [2.75, 3.05) is 0 Å². The van der Waals surface area contributed by atoms with Gasteiger partial charge in [0.05, 0.1) is 0 Å². The predicted octanol–water partition coefficient (Wildman–Crippen LogP) is 1.10. The molecule has 0 aliphatic carbocycles. The molecule has 0 aliphatic heterocycles. The van der Waals surface area contributed by atoms with Crippen molar-refractivity contribution in [2.24, 2.45) is 16.6 Å². The van der Waals surface area contributed by atoms with Crippen LogP contribution in [0.3, 0.4) is 0 Å². The van der Waals surface area contributed by atoms with Crippen LogP contribution in [0, 0.1) is 11.6 Å². The first-order valence-electron chi connectivity index (χ1n) is 4.83. The van der Waals surface area contributed by atoms with Crippen LogP contribution in [0.4, 0.5) is 8.78 Å². The third-order valence-corrected chi connectivity index (χ3v) is 1.82. The van der Waals surface area contributed by atoms with Crippen molar-refractivity contribution < 1.29 is 18.4 Å². The maximum Gasteiger partial charge on any atom is 0.361 e. The van der Waals surface area contributed by atoms with Gasteiger partial charge in [0.2, 0.25) is 5.96 Å². The van der Waals surface area contributed by atoms with Gasteiger partial charge in [0.25, 0.3) is 0 Å². The van der Waals surface area contributed by atoms with Crippen LogP contribution in [0.15, 0.2) is 28.9 Å². The molecule has 0 bridgehead atoms. The Labute approximate surface area is 102 Å². The van der Waals surface area contributed by atoms with Crippen molar-refractivity contribution >= 4 is 18.0 Å². The highest BCUT2D eigenvalue weighted by atomic mass is 19.1. The Morgan fingerprint density at radius 2 is 1.83 bits per heavy atom. The summed E-state index contributed by atoms with van der Waals surface area (Å²) in [6, 6.07) is 2.87. The third-order valence-electron chi connectivity index (χ3n) is 1.82. The monoisotopic (exact) mass is 255 g/mol. The fraction of sp³-hybridized carbons (Fsp3) is 0.0909. The molecule has 0 heterocycles. The Kier molecular flexibility index (Phi) is 4.36. The second-order valence-electron chi connectivity index (χ2n) is 3.43. The van der Waals surface area contributed by atoms with E-state index in [9.17, 15) is 13.6 Å². The molecule has 1 rings (SSSR count). The van der Waals surface area contributed by atoms with Crippen LogP contribution in [-0.4, -0.2) is 11.9 Å². The zero-order valence-corrected chi connectivity index (χ0v) is 9.48. The minimum Gasteiger partial charge on any atom is -0.367 e. The molecular formula is C11H11F2N3O2. The molecule has 0 amide bonds. The predicted molar refractivity (Wildman–Crippen MR) is 61.9 cm³/mol. The summed E-state index contributed by atoms with van der Waals surface area (Å²) in [6.07, 6.45) is 1.25. The minimum atomic E-state index is -0.826. The van der Waals surface area contributed by atoms with E-state index in [0.29, 0.717) is 0 Å². The lowest BCUT2D eigenvalue weighted by molar-refractivity contribution is -0.138. The molecule has 18 heavy (non-hydrogen) atoms. The number of benzene rings is 1. The van der Waals surface area contributed by atoms with Crippen LogP contribution >= 0.6 is 0 Å². The average molecular weight is 255 g/mol. The van der Waals surface area contributed by atoms with Crippen LogP contribution in [0.5, 0.6) is 0 Å². The number of hydrogen-bond donors (Lipinski definition) is 2. The molecule has 0 saturated carbocycles. The fourth-order valence-corrected chi connectivity index (χ4v) is 1.13. The van der Waals surface area contributed by atoms with E-state index in [1.807, 2.05) is 0 Å². The highest BCUT2D eigenvalue weighted by molar-refractivity contribution is 5.93. The van der Waals surface area contributed by atoms with Gasteiger partial charge in [-0.3, -0.25) is 0 Å². The maximum absolute atomic E-state index is 12.9. The van der Waals surface area contributed by atoms with Crippen molar-refractivity contribution in [1.82, 2.24) is 0 Å². The summed E-state index contributed by atoms with van der Waals surface area (Å²) in [6.45, 7) is 1.40. The van der Waals surface area contributed by atoms with Crippen molar-refractivity contribution in [3.63, 3.8) is 0 Å². The van der Waals surface area contributed by atoms with Gasteiger partial charge in [-0.25, -0.2) is 13.6 Å². The maximum atomic E-state index is 12.9. The fourth-order valence-electron chi connectivity index (χ4n) is 1.13. The van der Waals surface area contributed by atoms with E-state index in [4.69, 9.17) is 11.5 Å². The first kappa shape index (κ1) is 13.6. The molecule has 4 N–H and O–H groups in total. The Balaban J connectivity index is 2.88. The Hall–Kier alpha value is -2.44. The SMILES string of the molecule is C/C(=C\c1cc(F)cc(F)c1)C(=O)ON=C(N)N. The smallest absolute Gasteiger partial charge is 0.361 e. The first-order chi connectivity index (χ1) is 8.38. The molecule has 0 fully saturated rings. The topological polar surface area (TPSA) is 90.7 Å². The summed E-state index contributed by atoms with van der Waals surface area (Å²) in [7, 11) is 0. The highest BCUT2D eigenvalue weighted by Gasteiger charge is 2.07. The second kappa shape index (κ2) is 5.76. The summed E-state index contributed by atoms with van der Waals surface area (Å²) >= 11 is 0. The summed E-state index contributed by atoms with van der Waals surface area (Å²) in [4.78, 5) is 15.7. The van der Waals surface area contributed by atoms with Crippen LogP contribution in [-0.2, 0) is 9.63 Å². The van der Waals surface area contributed by atoms with Gasteiger partial charge in [0.15, 0.2) is 0 Å². The largest absolute Gasteiger partial charge is 0.367 e. The van der Waals surface area contributed by atoms with Crippen molar-refractivity contribution in [2.45, 2.75) is 6.92 Å². The van der Waals surface area contributed by atoms with Crippen LogP contribution < -0.4 is 11.5 Å². The molecule has 0 spiro atoms. The number of rotatable bonds is 3. The van der Waals surface area contributed by atoms with Gasteiger partial charge < -0.3 is 16.3 Å². The minimum absolute atomic E-state index is 0.0880. The average Bonchev–Trinajstić information content (AvgIpc) is 2.24. The standard InChI is InChI=1S/C11H11F2N3O2/c1-6(10(17)18-16-11(14)15)2-7-3-8(12)5-9(13)4-7/h2-5H,1H3,(H4,14,15,16)/b6-2+. The number of oxime groups is 1. The molecule has 0 saturated heterocycles. The van der Waals surface area contributed by atoms with Gasteiger partial charge in [-0.05, 0) is 35.9 Å². The summed E-state index contributed by atoms with van der Waals surface area (Å²) in [5, 5.41) is 3.06. The van der Waals surface area contributed by atoms with Gasteiger partial charge in [-0.15, -0.1) is 0 Å². The van der Waals surface area contributed by atoms with Crippen molar-refractivity contribution in [1.29, 1.82) is 0 Å². The molecule has 1 aromatic rings. The van der Waals surface area contributed by atoms with E-state index in [1.54, 1.807) is 0 Å². The van der Waals surface area contributed by atoms with Crippen molar-refractivity contribution in [3.8, 4) is 0 Å². The van der Waals surface area contributed by atoms with E-state index in [0.717, 1.165) is 18.2 Å². The van der Waals surface area contributed by atoms with Gasteiger partial charge in [0.1, 0.15) is 11.6 Å². The Morgan fingerprint density at radius 1 is 1.28 bits per heavy atom. The highest BCUT2D eigenvalue weighted by Crippen LogP contribution is 2.12. The van der Waals surface area contributed by atoms with Crippen molar-refractivity contribution in [3.05, 3.63) is 41.0 Å². The summed E-state index contributed by atoms with van der Waals surface area (Å²) < 4.78 is 25.8. The number of carbonyl (C=O) groups is 1. The summed E-state index contributed by atoms with van der Waals surface area (Å²) in [5.41, 5.74) is 10.2. The number of hydrogen-bond acceptors (Lipinski definition) is 3. The zero-order chi connectivity index (χ0) is 13.7. The van der Waals surface area contributed by atoms with E-state index in [-0.39, 0.29) is 11.1 Å². The van der Waals surface area contributed by atoms with Crippen LogP contribution in [0.1, 0.15) is 12.5 Å². The Bertz CT molecular complexity index is 503. The second-order valence-corrected chi connectivity index (χ2v) is 3.43. The number of guanidine groups is 1. The van der Waals surface area contributed by atoms with E-state index < -0.39 is 23.6 Å². The van der Waals surface area contributed by atoms with Crippen LogP contribution in [0.2, 0.25) is 0 Å². The van der Waals surface area contributed by atoms with Gasteiger partial charge in [-0.2, -0.15) is 0 Å². The summed E-state index contributed by atoms with van der Waals surface area (Å²) in [5.74, 6) is -2.72. The lowest BCUT2D eigenvalue weighted by Gasteiger charge is -2.00. The number of carbonyl (C=O) groups excluding carboxylic acids is 1. The molecular weight excluding hydrogens is 244 g/mol. The normalized spacial score (nSPS) is 10.9. The molecule has 0 unspecified atom stereocenters. The van der Waals surface area contributed by atoms with E-state index >= 15 is 0 Å². The number of halogens is 2. The molecule has 0 aromatic heterocycles. The van der Waals surface area contributed by atoms with E-state index in [2.05, 4.69) is 9.99 Å². The first-order valence-corrected chi connectivity index (χ1v) is 4.83. The zero-order valence-electron chi connectivity index (χ0n) is 9.48. The lowest BCUT2D eigenvalue weighted by Crippen LogP contribution is -2.23. The van der Waals surface area contributed by atoms with E-state index in [1.165, 1.54) is 13.0 Å². The van der Waals surface area contributed by atoms with Crippen LogP contribution in [0.25, 0.3) is 6.08 Å². The lowest BCUT2D eigenvalue weighted by atomic mass is 10.1. The number of nitrogens with zero attached hydrogens (tertiary/aromatic N) is 1. The third kappa shape index (κ3) is 4.20. The number of nitrogens with two attached hydrogens (primary N) is 2. The molecule has 96 valence electrons. The van der Waals surface area contributed by atoms with Gasteiger partial charge in [-0.1, -0.05) is 0 Å². The molecule has 0 aliphatic rings. The molecule has 1 aromatic carbocycles. The quantitative estimate of drug-likeness (QED) is 0.278. The molecule has 0 atom stereocenters. The van der Waals surface area contributed by atoms with Gasteiger partial charge in [0, 0.05) is 11.6 Å². The molecule has 5 nitrogen and oxygen atoms in total.